The fourth-order valence-corrected chi connectivity index (χ4v) is 3.91. The van der Waals surface area contributed by atoms with E-state index in [9.17, 15) is 14.4 Å². The Bertz CT molecular complexity index is 1490. The van der Waals surface area contributed by atoms with Crippen molar-refractivity contribution in [3.05, 3.63) is 111 Å². The molecule has 4 rings (SSSR count). The van der Waals surface area contributed by atoms with Crippen LogP contribution in [0.4, 0.5) is 17.2 Å². The number of nitrogens with one attached hydrogen (secondary N) is 2. The number of aromatic nitrogens is 2. The van der Waals surface area contributed by atoms with Gasteiger partial charge in [-0.05, 0) is 43.7 Å². The zero-order valence-electron chi connectivity index (χ0n) is 20.7. The third kappa shape index (κ3) is 6.07. The Morgan fingerprint density at radius 1 is 1.00 bits per heavy atom. The lowest BCUT2D eigenvalue weighted by Crippen LogP contribution is -2.41. The molecule has 190 valence electrons. The molecule has 0 saturated carbocycles. The SMILES string of the molecule is CCN(CC(=O)Nc1ccccc1Oc1ccc(C)cc1)c1c(N)n(Cc2ccccc2)c(=O)[nH]c1=O. The molecular weight excluding hydrogens is 470 g/mol. The Morgan fingerprint density at radius 3 is 2.38 bits per heavy atom. The minimum atomic E-state index is -0.649. The van der Waals surface area contributed by atoms with Crippen molar-refractivity contribution in [1.29, 1.82) is 0 Å². The first kappa shape index (κ1) is 25.3. The minimum absolute atomic E-state index is 0.00430. The summed E-state index contributed by atoms with van der Waals surface area (Å²) < 4.78 is 7.25. The number of rotatable bonds is 9. The van der Waals surface area contributed by atoms with Crippen molar-refractivity contribution in [3.8, 4) is 11.5 Å². The van der Waals surface area contributed by atoms with Crippen molar-refractivity contribution >= 4 is 23.1 Å². The molecule has 0 bridgehead atoms. The Morgan fingerprint density at radius 2 is 1.68 bits per heavy atom. The molecule has 0 aliphatic carbocycles. The number of nitrogens with zero attached hydrogens (tertiary/aromatic N) is 2. The van der Waals surface area contributed by atoms with E-state index in [-0.39, 0.29) is 30.5 Å². The van der Waals surface area contributed by atoms with Gasteiger partial charge < -0.3 is 20.7 Å². The summed E-state index contributed by atoms with van der Waals surface area (Å²) in [6.07, 6.45) is 0. The first-order valence-corrected chi connectivity index (χ1v) is 11.9. The monoisotopic (exact) mass is 499 g/mol. The van der Waals surface area contributed by atoms with Gasteiger partial charge in [0.2, 0.25) is 5.91 Å². The van der Waals surface area contributed by atoms with Gasteiger partial charge in [-0.25, -0.2) is 4.79 Å². The Balaban J connectivity index is 1.55. The molecule has 0 spiro atoms. The molecule has 1 amide bonds. The number of H-pyrrole nitrogens is 1. The maximum Gasteiger partial charge on any atom is 0.330 e. The molecular formula is C28H29N5O4. The number of aromatic amines is 1. The van der Waals surface area contributed by atoms with Gasteiger partial charge in [-0.1, -0.05) is 60.2 Å². The predicted octanol–water partition coefficient (Wildman–Crippen LogP) is 3.73. The number of carbonyl (C=O) groups excluding carboxylic acids is 1. The number of anilines is 3. The van der Waals surface area contributed by atoms with Crippen molar-refractivity contribution in [2.75, 3.05) is 29.0 Å². The van der Waals surface area contributed by atoms with Gasteiger partial charge in [0.05, 0.1) is 18.8 Å². The van der Waals surface area contributed by atoms with E-state index in [1.807, 2.05) is 67.6 Å². The fraction of sp³-hybridized carbons (Fsp3) is 0.179. The lowest BCUT2D eigenvalue weighted by Gasteiger charge is -2.24. The number of likely N-dealkylation sites (N-methyl/N-ethyl adjacent to an activating group) is 1. The molecule has 1 heterocycles. The van der Waals surface area contributed by atoms with Gasteiger partial charge in [-0.2, -0.15) is 0 Å². The zero-order valence-corrected chi connectivity index (χ0v) is 20.7. The second-order valence-electron chi connectivity index (χ2n) is 8.54. The summed E-state index contributed by atoms with van der Waals surface area (Å²) in [5, 5.41) is 2.85. The van der Waals surface area contributed by atoms with Crippen LogP contribution in [0.3, 0.4) is 0 Å². The Hall–Kier alpha value is -4.79. The Labute approximate surface area is 214 Å². The highest BCUT2D eigenvalue weighted by Crippen LogP contribution is 2.29. The normalized spacial score (nSPS) is 10.6. The van der Waals surface area contributed by atoms with Gasteiger partial charge in [0, 0.05) is 6.54 Å². The first-order chi connectivity index (χ1) is 17.9. The van der Waals surface area contributed by atoms with E-state index in [1.54, 1.807) is 25.1 Å². The summed E-state index contributed by atoms with van der Waals surface area (Å²) in [6, 6.07) is 24.0. The van der Waals surface area contributed by atoms with Crippen molar-refractivity contribution in [1.82, 2.24) is 9.55 Å². The average molecular weight is 500 g/mol. The maximum atomic E-state index is 13.0. The van der Waals surface area contributed by atoms with Gasteiger partial charge in [0.25, 0.3) is 5.56 Å². The van der Waals surface area contributed by atoms with E-state index >= 15 is 0 Å². The summed E-state index contributed by atoms with van der Waals surface area (Å²) in [4.78, 5) is 42.2. The summed E-state index contributed by atoms with van der Waals surface area (Å²) >= 11 is 0. The van der Waals surface area contributed by atoms with Crippen LogP contribution in [0.15, 0.2) is 88.5 Å². The average Bonchev–Trinajstić information content (AvgIpc) is 2.89. The number of amides is 1. The second-order valence-corrected chi connectivity index (χ2v) is 8.54. The number of hydrogen-bond donors (Lipinski definition) is 3. The van der Waals surface area contributed by atoms with Crippen LogP contribution in [0.25, 0.3) is 0 Å². The standard InChI is InChI=1S/C28H29N5O4/c1-3-32(25-26(29)33(28(36)31-27(25)35)17-20-9-5-4-6-10-20)18-24(34)30-22-11-7-8-12-23(22)37-21-15-13-19(2)14-16-21/h4-16H,3,17-18,29H2,1-2H3,(H,30,34)(H,31,35,36). The van der Waals surface area contributed by atoms with Crippen molar-refractivity contribution in [2.24, 2.45) is 0 Å². The van der Waals surface area contributed by atoms with E-state index in [0.29, 0.717) is 23.7 Å². The summed E-state index contributed by atoms with van der Waals surface area (Å²) in [5.41, 5.74) is 7.56. The quantitative estimate of drug-likeness (QED) is 0.323. The fourth-order valence-electron chi connectivity index (χ4n) is 3.91. The van der Waals surface area contributed by atoms with Crippen LogP contribution in [0.5, 0.6) is 11.5 Å². The van der Waals surface area contributed by atoms with E-state index in [2.05, 4.69) is 10.3 Å². The van der Waals surface area contributed by atoms with Crippen LogP contribution < -0.4 is 31.9 Å². The van der Waals surface area contributed by atoms with Crippen LogP contribution in [0.1, 0.15) is 18.1 Å². The topological polar surface area (TPSA) is 122 Å². The molecule has 0 aliphatic heterocycles. The predicted molar refractivity (Wildman–Crippen MR) is 145 cm³/mol. The summed E-state index contributed by atoms with van der Waals surface area (Å²) in [5.74, 6) is 0.746. The van der Waals surface area contributed by atoms with E-state index in [0.717, 1.165) is 11.1 Å². The molecule has 1 aromatic heterocycles. The smallest absolute Gasteiger partial charge is 0.330 e. The highest BCUT2D eigenvalue weighted by molar-refractivity contribution is 5.95. The molecule has 0 unspecified atom stereocenters. The van der Waals surface area contributed by atoms with Crippen LogP contribution in [0, 0.1) is 6.92 Å². The number of para-hydroxylation sites is 2. The Kier molecular flexibility index (Phi) is 7.73. The number of ether oxygens (including phenoxy) is 1. The van der Waals surface area contributed by atoms with E-state index < -0.39 is 11.2 Å². The van der Waals surface area contributed by atoms with Crippen molar-refractivity contribution in [2.45, 2.75) is 20.4 Å². The molecule has 3 aromatic carbocycles. The second kappa shape index (κ2) is 11.3. The molecule has 0 atom stereocenters. The minimum Gasteiger partial charge on any atom is -0.455 e. The number of nitrogen functional groups attached to an aromatic ring is 1. The molecule has 37 heavy (non-hydrogen) atoms. The number of carbonyl (C=O) groups is 1. The third-order valence-corrected chi connectivity index (χ3v) is 5.84. The van der Waals surface area contributed by atoms with Crippen LogP contribution in [-0.2, 0) is 11.3 Å². The van der Waals surface area contributed by atoms with E-state index in [1.165, 1.54) is 9.47 Å². The van der Waals surface area contributed by atoms with Crippen LogP contribution in [-0.4, -0.2) is 28.5 Å². The van der Waals surface area contributed by atoms with Gasteiger partial charge >= 0.3 is 5.69 Å². The van der Waals surface area contributed by atoms with Crippen LogP contribution >= 0.6 is 0 Å². The molecule has 9 nitrogen and oxygen atoms in total. The largest absolute Gasteiger partial charge is 0.455 e. The maximum absolute atomic E-state index is 13.0. The first-order valence-electron chi connectivity index (χ1n) is 11.9. The number of nitrogens with two attached hydrogens (primary N) is 1. The number of aryl methyl sites for hydroxylation is 1. The van der Waals surface area contributed by atoms with Crippen molar-refractivity contribution in [3.63, 3.8) is 0 Å². The van der Waals surface area contributed by atoms with Gasteiger partial charge in [0.15, 0.2) is 5.75 Å². The molecule has 4 aromatic rings. The molecule has 4 N–H and O–H groups in total. The molecule has 9 heteroatoms. The highest BCUT2D eigenvalue weighted by Gasteiger charge is 2.21. The van der Waals surface area contributed by atoms with Gasteiger partial charge in [-0.3, -0.25) is 19.1 Å². The number of hydrogen-bond acceptors (Lipinski definition) is 6. The van der Waals surface area contributed by atoms with Crippen molar-refractivity contribution < 1.29 is 9.53 Å². The highest BCUT2D eigenvalue weighted by atomic mass is 16.5. The third-order valence-electron chi connectivity index (χ3n) is 5.84. The van der Waals surface area contributed by atoms with Gasteiger partial charge in [-0.15, -0.1) is 0 Å². The molecule has 0 aliphatic rings. The number of benzene rings is 3. The zero-order chi connectivity index (χ0) is 26.4. The van der Waals surface area contributed by atoms with E-state index in [4.69, 9.17) is 10.5 Å². The molecule has 0 saturated heterocycles. The van der Waals surface area contributed by atoms with Gasteiger partial charge in [0.1, 0.15) is 17.3 Å². The summed E-state index contributed by atoms with van der Waals surface area (Å²) in [6.45, 7) is 4.12. The lowest BCUT2D eigenvalue weighted by molar-refractivity contribution is -0.115. The van der Waals surface area contributed by atoms with Crippen LogP contribution in [0.2, 0.25) is 0 Å². The summed E-state index contributed by atoms with van der Waals surface area (Å²) in [7, 11) is 0. The molecule has 0 radical (unpaired) electrons. The molecule has 0 fully saturated rings. The lowest BCUT2D eigenvalue weighted by atomic mass is 10.2.